The molecule has 1 aromatic heterocycles. The quantitative estimate of drug-likeness (QED) is 0.513. The van der Waals surface area contributed by atoms with Crippen molar-refractivity contribution in [1.82, 2.24) is 5.32 Å². The molecule has 1 saturated carbocycles. The molecule has 110 valence electrons. The maximum Gasteiger partial charge on any atom is 0.337 e. The Morgan fingerprint density at radius 3 is 3.00 bits per heavy atom. The molecule has 2 atom stereocenters. The highest BCUT2D eigenvalue weighted by Crippen LogP contribution is 2.34. The van der Waals surface area contributed by atoms with Crippen LogP contribution in [0.5, 0.6) is 0 Å². The molecule has 1 aromatic rings. The van der Waals surface area contributed by atoms with Crippen LogP contribution in [-0.2, 0) is 4.79 Å². The van der Waals surface area contributed by atoms with E-state index < -0.39 is 4.92 Å². The molecule has 0 spiro atoms. The third-order valence-electron chi connectivity index (χ3n) is 3.59. The molecule has 0 unspecified atom stereocenters. The van der Waals surface area contributed by atoms with Crippen LogP contribution in [-0.4, -0.2) is 22.6 Å². The summed E-state index contributed by atoms with van der Waals surface area (Å²) in [7, 11) is 0. The third kappa shape index (κ3) is 3.96. The second kappa shape index (κ2) is 7.08. The zero-order chi connectivity index (χ0) is 14.5. The Morgan fingerprint density at radius 2 is 2.30 bits per heavy atom. The summed E-state index contributed by atoms with van der Waals surface area (Å²) in [6.45, 7) is 2.17. The lowest BCUT2D eigenvalue weighted by atomic mass is 9.86. The zero-order valence-electron chi connectivity index (χ0n) is 11.3. The van der Waals surface area contributed by atoms with E-state index >= 15 is 0 Å². The van der Waals surface area contributed by atoms with Crippen molar-refractivity contribution in [2.24, 2.45) is 5.92 Å². The first-order valence-electron chi connectivity index (χ1n) is 6.72. The van der Waals surface area contributed by atoms with E-state index in [2.05, 4.69) is 12.2 Å². The van der Waals surface area contributed by atoms with Crippen LogP contribution in [0.15, 0.2) is 16.3 Å². The monoisotopic (exact) mass is 314 g/mol. The summed E-state index contributed by atoms with van der Waals surface area (Å²) in [5.74, 6) is 0.725. The van der Waals surface area contributed by atoms with Gasteiger partial charge >= 0.3 is 5.00 Å². The fourth-order valence-electron chi connectivity index (χ4n) is 2.45. The van der Waals surface area contributed by atoms with Gasteiger partial charge in [0, 0.05) is 6.04 Å². The largest absolute Gasteiger partial charge is 0.352 e. The predicted molar refractivity (Wildman–Crippen MR) is 81.3 cm³/mol. The molecule has 0 radical (unpaired) electrons. The first kappa shape index (κ1) is 15.3. The first-order valence-corrected chi connectivity index (χ1v) is 8.58. The lowest BCUT2D eigenvalue weighted by Crippen LogP contribution is -2.41. The van der Waals surface area contributed by atoms with Gasteiger partial charge in [0.25, 0.3) is 0 Å². The SMILES string of the molecule is C[C@H]1CCCC[C@H]1NC(=O)CSc1ccsc1[N+](=O)[O-]. The van der Waals surface area contributed by atoms with Crippen LogP contribution >= 0.6 is 23.1 Å². The highest BCUT2D eigenvalue weighted by molar-refractivity contribution is 8.00. The number of carbonyl (C=O) groups is 1. The molecule has 1 aliphatic carbocycles. The summed E-state index contributed by atoms with van der Waals surface area (Å²) >= 11 is 2.33. The molecule has 0 aromatic carbocycles. The Balaban J connectivity index is 1.83. The van der Waals surface area contributed by atoms with Crippen LogP contribution in [0, 0.1) is 16.0 Å². The minimum Gasteiger partial charge on any atom is -0.352 e. The number of thiophene rings is 1. The van der Waals surface area contributed by atoms with Gasteiger partial charge in [0.2, 0.25) is 5.91 Å². The lowest BCUT2D eigenvalue weighted by molar-refractivity contribution is -0.382. The van der Waals surface area contributed by atoms with Gasteiger partial charge in [-0.2, -0.15) is 0 Å². The summed E-state index contributed by atoms with van der Waals surface area (Å²) in [4.78, 5) is 22.9. The summed E-state index contributed by atoms with van der Waals surface area (Å²) < 4.78 is 0. The van der Waals surface area contributed by atoms with E-state index in [1.807, 2.05) is 0 Å². The summed E-state index contributed by atoms with van der Waals surface area (Å²) in [6, 6.07) is 1.96. The molecule has 1 aliphatic rings. The Morgan fingerprint density at radius 1 is 1.55 bits per heavy atom. The molecule has 1 N–H and O–H groups in total. The summed E-state index contributed by atoms with van der Waals surface area (Å²) in [6.07, 6.45) is 4.60. The molecule has 7 heteroatoms. The number of hydrogen-bond acceptors (Lipinski definition) is 5. The van der Waals surface area contributed by atoms with E-state index in [-0.39, 0.29) is 22.7 Å². The van der Waals surface area contributed by atoms with Crippen molar-refractivity contribution in [3.63, 3.8) is 0 Å². The van der Waals surface area contributed by atoms with Gasteiger partial charge in [0.1, 0.15) is 0 Å². The Labute approximate surface area is 126 Å². The first-order chi connectivity index (χ1) is 9.58. The molecule has 0 saturated heterocycles. The molecule has 1 heterocycles. The topological polar surface area (TPSA) is 72.2 Å². The van der Waals surface area contributed by atoms with Gasteiger partial charge < -0.3 is 5.32 Å². The second-order valence-corrected chi connectivity index (χ2v) is 6.98. The Hall–Kier alpha value is -1.08. The Kier molecular flexibility index (Phi) is 5.42. The number of amides is 1. The maximum absolute atomic E-state index is 11.9. The smallest absolute Gasteiger partial charge is 0.337 e. The van der Waals surface area contributed by atoms with Gasteiger partial charge in [-0.1, -0.05) is 31.1 Å². The highest BCUT2D eigenvalue weighted by atomic mass is 32.2. The van der Waals surface area contributed by atoms with E-state index in [1.54, 1.807) is 11.4 Å². The molecule has 5 nitrogen and oxygen atoms in total. The van der Waals surface area contributed by atoms with E-state index in [0.29, 0.717) is 10.8 Å². The second-order valence-electron chi connectivity index (χ2n) is 5.07. The standard InChI is InChI=1S/C13H18N2O3S2/c1-9-4-2-3-5-10(9)14-12(16)8-20-11-6-7-19-13(11)15(17)18/h6-7,9-10H,2-5,8H2,1H3,(H,14,16)/t9-,10+/m0/s1. The maximum atomic E-state index is 11.9. The number of carbonyl (C=O) groups excluding carboxylic acids is 1. The number of nitrogens with zero attached hydrogens (tertiary/aromatic N) is 1. The molecular weight excluding hydrogens is 296 g/mol. The minimum absolute atomic E-state index is 0.0331. The molecule has 0 bridgehead atoms. The average molecular weight is 314 g/mol. The van der Waals surface area contributed by atoms with Crippen molar-refractivity contribution in [3.8, 4) is 0 Å². The van der Waals surface area contributed by atoms with Crippen LogP contribution < -0.4 is 5.32 Å². The number of nitrogens with one attached hydrogen (secondary N) is 1. The van der Waals surface area contributed by atoms with Gasteiger partial charge in [0.05, 0.1) is 15.6 Å². The van der Waals surface area contributed by atoms with Crippen LogP contribution in [0.1, 0.15) is 32.6 Å². The molecule has 1 amide bonds. The highest BCUT2D eigenvalue weighted by Gasteiger charge is 2.23. The molecule has 20 heavy (non-hydrogen) atoms. The average Bonchev–Trinajstić information content (AvgIpc) is 2.88. The minimum atomic E-state index is -0.395. The van der Waals surface area contributed by atoms with Crippen molar-refractivity contribution >= 4 is 34.0 Å². The predicted octanol–water partition coefficient (Wildman–Crippen LogP) is 3.44. The van der Waals surface area contributed by atoms with Crippen molar-refractivity contribution in [2.75, 3.05) is 5.75 Å². The van der Waals surface area contributed by atoms with Crippen molar-refractivity contribution in [3.05, 3.63) is 21.6 Å². The lowest BCUT2D eigenvalue weighted by Gasteiger charge is -2.29. The third-order valence-corrected chi connectivity index (χ3v) is 5.63. The van der Waals surface area contributed by atoms with Crippen LogP contribution in [0.2, 0.25) is 0 Å². The molecule has 1 fully saturated rings. The van der Waals surface area contributed by atoms with Crippen LogP contribution in [0.4, 0.5) is 5.00 Å². The van der Waals surface area contributed by atoms with Crippen LogP contribution in [0.3, 0.4) is 0 Å². The number of hydrogen-bond donors (Lipinski definition) is 1. The zero-order valence-corrected chi connectivity index (χ0v) is 13.0. The van der Waals surface area contributed by atoms with Crippen molar-refractivity contribution in [2.45, 2.75) is 43.5 Å². The number of nitro groups is 1. The molecule has 0 aliphatic heterocycles. The van der Waals surface area contributed by atoms with Gasteiger partial charge in [-0.25, -0.2) is 0 Å². The number of rotatable bonds is 5. The molecular formula is C13H18N2O3S2. The van der Waals surface area contributed by atoms with E-state index in [4.69, 9.17) is 0 Å². The van der Waals surface area contributed by atoms with E-state index in [0.717, 1.165) is 24.2 Å². The number of thioether (sulfide) groups is 1. The summed E-state index contributed by atoms with van der Waals surface area (Å²) in [5.41, 5.74) is 0. The molecule has 2 rings (SSSR count). The van der Waals surface area contributed by atoms with Crippen LogP contribution in [0.25, 0.3) is 0 Å². The normalized spacial score (nSPS) is 22.4. The van der Waals surface area contributed by atoms with Gasteiger partial charge in [-0.15, -0.1) is 11.8 Å². The van der Waals surface area contributed by atoms with E-state index in [1.165, 1.54) is 24.6 Å². The van der Waals surface area contributed by atoms with Crippen molar-refractivity contribution in [1.29, 1.82) is 0 Å². The van der Waals surface area contributed by atoms with Gasteiger partial charge in [-0.05, 0) is 30.2 Å². The van der Waals surface area contributed by atoms with Crippen molar-refractivity contribution < 1.29 is 9.72 Å². The Bertz CT molecular complexity index is 490. The van der Waals surface area contributed by atoms with E-state index in [9.17, 15) is 14.9 Å². The fraction of sp³-hybridized carbons (Fsp3) is 0.615. The fourth-order valence-corrected chi connectivity index (χ4v) is 4.20. The summed E-state index contributed by atoms with van der Waals surface area (Å²) in [5, 5.41) is 15.6. The van der Waals surface area contributed by atoms with Gasteiger partial charge in [0.15, 0.2) is 0 Å². The van der Waals surface area contributed by atoms with Gasteiger partial charge in [-0.3, -0.25) is 14.9 Å².